The molecule has 1 aromatic heterocycles. The molecule has 1 aromatic carbocycles. The van der Waals surface area contributed by atoms with Gasteiger partial charge in [0, 0.05) is 34.6 Å². The Morgan fingerprint density at radius 3 is 2.86 bits per heavy atom. The van der Waals surface area contributed by atoms with Crippen LogP contribution in [-0.4, -0.2) is 24.0 Å². The van der Waals surface area contributed by atoms with E-state index in [9.17, 15) is 4.79 Å². The Labute approximate surface area is 138 Å². The van der Waals surface area contributed by atoms with E-state index in [0.717, 1.165) is 23.1 Å². The number of halogens is 1. The monoisotopic (exact) mass is 395 g/mol. The molecule has 2 aromatic rings. The summed E-state index contributed by atoms with van der Waals surface area (Å²) in [6.07, 6.45) is 4.52. The molecule has 1 heterocycles. The molecule has 1 amide bonds. The molecule has 110 valence electrons. The summed E-state index contributed by atoms with van der Waals surface area (Å²) in [7, 11) is 0. The fourth-order valence-electron chi connectivity index (χ4n) is 1.88. The van der Waals surface area contributed by atoms with Gasteiger partial charge in [-0.25, -0.2) is 0 Å². The molecule has 0 radical (unpaired) electrons. The second-order valence-electron chi connectivity index (χ2n) is 4.66. The van der Waals surface area contributed by atoms with E-state index in [1.807, 2.05) is 42.6 Å². The highest BCUT2D eigenvalue weighted by Crippen LogP contribution is 2.07. The maximum Gasteiger partial charge on any atom is 0.251 e. The number of amides is 1. The van der Waals surface area contributed by atoms with Crippen LogP contribution >= 0.6 is 22.6 Å². The third-order valence-corrected chi connectivity index (χ3v) is 3.63. The van der Waals surface area contributed by atoms with Gasteiger partial charge in [0.25, 0.3) is 5.91 Å². The maximum absolute atomic E-state index is 11.9. The molecule has 0 aliphatic carbocycles. The minimum absolute atomic E-state index is 0.0132. The van der Waals surface area contributed by atoms with E-state index in [4.69, 9.17) is 0 Å². The predicted octanol–water partition coefficient (Wildman–Crippen LogP) is 2.60. The number of hydrogen-bond donors (Lipinski definition) is 2. The zero-order valence-corrected chi connectivity index (χ0v) is 13.8. The second kappa shape index (κ2) is 8.74. The first-order valence-electron chi connectivity index (χ1n) is 6.89. The highest BCUT2D eigenvalue weighted by Gasteiger charge is 2.04. The Balaban J connectivity index is 1.60. The molecule has 0 aliphatic heterocycles. The van der Waals surface area contributed by atoms with Crippen molar-refractivity contribution in [2.75, 3.05) is 13.1 Å². The van der Waals surface area contributed by atoms with E-state index >= 15 is 0 Å². The number of pyridine rings is 1. The second-order valence-corrected chi connectivity index (χ2v) is 5.90. The smallest absolute Gasteiger partial charge is 0.251 e. The highest BCUT2D eigenvalue weighted by molar-refractivity contribution is 14.1. The minimum Gasteiger partial charge on any atom is -0.352 e. The molecule has 2 rings (SSSR count). The molecular formula is C16H18IN3O. The molecule has 0 atom stereocenters. The summed E-state index contributed by atoms with van der Waals surface area (Å²) < 4.78 is 1.07. The lowest BCUT2D eigenvalue weighted by molar-refractivity contribution is 0.0953. The molecule has 4 nitrogen and oxygen atoms in total. The van der Waals surface area contributed by atoms with Crippen LogP contribution in [-0.2, 0) is 6.54 Å². The molecule has 2 N–H and O–H groups in total. The summed E-state index contributed by atoms with van der Waals surface area (Å²) in [6, 6.07) is 11.6. The van der Waals surface area contributed by atoms with Crippen molar-refractivity contribution >= 4 is 28.5 Å². The average Bonchev–Trinajstić information content (AvgIpc) is 2.51. The van der Waals surface area contributed by atoms with Gasteiger partial charge in [-0.15, -0.1) is 0 Å². The highest BCUT2D eigenvalue weighted by atomic mass is 127. The van der Waals surface area contributed by atoms with E-state index in [1.54, 1.807) is 6.20 Å². The largest absolute Gasteiger partial charge is 0.352 e. The SMILES string of the molecule is O=C(NCCCNCc1cccnc1)c1cccc(I)c1. The number of carbonyl (C=O) groups is 1. The van der Waals surface area contributed by atoms with E-state index in [0.29, 0.717) is 12.1 Å². The lowest BCUT2D eigenvalue weighted by atomic mass is 10.2. The third kappa shape index (κ3) is 5.81. The van der Waals surface area contributed by atoms with Gasteiger partial charge in [-0.3, -0.25) is 9.78 Å². The standard InChI is InChI=1S/C16H18IN3O/c17-15-6-1-5-14(10-15)16(21)20-9-3-8-19-12-13-4-2-7-18-11-13/h1-2,4-7,10-11,19H,3,8-9,12H2,(H,20,21). The summed E-state index contributed by atoms with van der Waals surface area (Å²) in [4.78, 5) is 16.0. The van der Waals surface area contributed by atoms with Gasteiger partial charge in [-0.1, -0.05) is 12.1 Å². The van der Waals surface area contributed by atoms with Crippen LogP contribution in [0.3, 0.4) is 0 Å². The van der Waals surface area contributed by atoms with Crippen molar-refractivity contribution in [3.8, 4) is 0 Å². The Morgan fingerprint density at radius 1 is 1.19 bits per heavy atom. The van der Waals surface area contributed by atoms with Crippen LogP contribution in [0, 0.1) is 3.57 Å². The van der Waals surface area contributed by atoms with Crippen molar-refractivity contribution in [2.45, 2.75) is 13.0 Å². The van der Waals surface area contributed by atoms with Gasteiger partial charge in [0.2, 0.25) is 0 Å². The Morgan fingerprint density at radius 2 is 2.10 bits per heavy atom. The Hall–Kier alpha value is -1.47. The van der Waals surface area contributed by atoms with Crippen molar-refractivity contribution in [1.82, 2.24) is 15.6 Å². The fraction of sp³-hybridized carbons (Fsp3) is 0.250. The fourth-order valence-corrected chi connectivity index (χ4v) is 2.43. The summed E-state index contributed by atoms with van der Waals surface area (Å²) >= 11 is 2.21. The van der Waals surface area contributed by atoms with Crippen LogP contribution in [0.25, 0.3) is 0 Å². The molecule has 0 fully saturated rings. The Bertz CT molecular complexity index is 575. The van der Waals surface area contributed by atoms with Crippen LogP contribution < -0.4 is 10.6 Å². The number of nitrogens with zero attached hydrogens (tertiary/aromatic N) is 1. The number of benzene rings is 1. The predicted molar refractivity (Wildman–Crippen MR) is 92.1 cm³/mol. The van der Waals surface area contributed by atoms with Crippen LogP contribution in [0.2, 0.25) is 0 Å². The number of rotatable bonds is 7. The first-order chi connectivity index (χ1) is 10.3. The lowest BCUT2D eigenvalue weighted by Crippen LogP contribution is -2.27. The molecule has 0 aliphatic rings. The first kappa shape index (κ1) is 15.9. The van der Waals surface area contributed by atoms with Crippen LogP contribution in [0.1, 0.15) is 22.3 Å². The van der Waals surface area contributed by atoms with Crippen LogP contribution in [0.5, 0.6) is 0 Å². The van der Waals surface area contributed by atoms with Crippen molar-refractivity contribution in [3.05, 3.63) is 63.5 Å². The molecule has 21 heavy (non-hydrogen) atoms. The zero-order chi connectivity index (χ0) is 14.9. The van der Waals surface area contributed by atoms with Gasteiger partial charge < -0.3 is 10.6 Å². The number of carbonyl (C=O) groups excluding carboxylic acids is 1. The number of aromatic nitrogens is 1. The molecule has 0 unspecified atom stereocenters. The minimum atomic E-state index is -0.0132. The van der Waals surface area contributed by atoms with Crippen LogP contribution in [0.4, 0.5) is 0 Å². The van der Waals surface area contributed by atoms with E-state index in [1.165, 1.54) is 5.56 Å². The van der Waals surface area contributed by atoms with Gasteiger partial charge in [0.1, 0.15) is 0 Å². The summed E-state index contributed by atoms with van der Waals surface area (Å²) in [5, 5.41) is 6.26. The van der Waals surface area contributed by atoms with Gasteiger partial charge >= 0.3 is 0 Å². The molecule has 5 heteroatoms. The molecule has 0 bridgehead atoms. The van der Waals surface area contributed by atoms with E-state index in [2.05, 4.69) is 38.2 Å². The Kier molecular flexibility index (Phi) is 6.62. The van der Waals surface area contributed by atoms with Gasteiger partial charge in [0.15, 0.2) is 0 Å². The lowest BCUT2D eigenvalue weighted by Gasteiger charge is -2.07. The number of nitrogens with one attached hydrogen (secondary N) is 2. The van der Waals surface area contributed by atoms with Crippen LogP contribution in [0.15, 0.2) is 48.8 Å². The summed E-state index contributed by atoms with van der Waals surface area (Å²) in [5.41, 5.74) is 1.88. The summed E-state index contributed by atoms with van der Waals surface area (Å²) in [5.74, 6) is -0.0132. The molecular weight excluding hydrogens is 377 g/mol. The molecule has 0 saturated carbocycles. The van der Waals surface area contributed by atoms with Crippen molar-refractivity contribution in [2.24, 2.45) is 0 Å². The van der Waals surface area contributed by atoms with Crippen molar-refractivity contribution in [1.29, 1.82) is 0 Å². The third-order valence-electron chi connectivity index (χ3n) is 2.95. The summed E-state index contributed by atoms with van der Waals surface area (Å²) in [6.45, 7) is 2.34. The zero-order valence-electron chi connectivity index (χ0n) is 11.7. The normalized spacial score (nSPS) is 10.3. The van der Waals surface area contributed by atoms with Crippen molar-refractivity contribution < 1.29 is 4.79 Å². The van der Waals surface area contributed by atoms with Crippen molar-refractivity contribution in [3.63, 3.8) is 0 Å². The van der Waals surface area contributed by atoms with Gasteiger partial charge in [-0.2, -0.15) is 0 Å². The van der Waals surface area contributed by atoms with Gasteiger partial charge in [0.05, 0.1) is 0 Å². The molecule has 0 saturated heterocycles. The maximum atomic E-state index is 11.9. The van der Waals surface area contributed by atoms with E-state index < -0.39 is 0 Å². The molecule has 0 spiro atoms. The van der Waals surface area contributed by atoms with E-state index in [-0.39, 0.29) is 5.91 Å². The first-order valence-corrected chi connectivity index (χ1v) is 7.97. The number of hydrogen-bond acceptors (Lipinski definition) is 3. The quantitative estimate of drug-likeness (QED) is 0.560. The topological polar surface area (TPSA) is 54.0 Å². The average molecular weight is 395 g/mol. The van der Waals surface area contributed by atoms with Gasteiger partial charge in [-0.05, 0) is 65.4 Å².